The van der Waals surface area contributed by atoms with E-state index in [0.29, 0.717) is 26.3 Å². The monoisotopic (exact) mass is 290 g/mol. The second-order valence-electron chi connectivity index (χ2n) is 5.44. The molecule has 21 heavy (non-hydrogen) atoms. The van der Waals surface area contributed by atoms with Crippen LogP contribution in [0.15, 0.2) is 30.3 Å². The number of nitrogens with one attached hydrogen (secondary N) is 1. The van der Waals surface area contributed by atoms with Crippen LogP contribution in [0.5, 0.6) is 0 Å². The van der Waals surface area contributed by atoms with E-state index < -0.39 is 6.04 Å². The Labute approximate surface area is 125 Å². The number of benzene rings is 1. The van der Waals surface area contributed by atoms with Gasteiger partial charge in [-0.25, -0.2) is 0 Å². The maximum atomic E-state index is 12.7. The van der Waals surface area contributed by atoms with Crippen LogP contribution in [0.1, 0.15) is 25.5 Å². The van der Waals surface area contributed by atoms with Gasteiger partial charge in [-0.1, -0.05) is 44.2 Å². The SMILES string of the molecule is CC(C)C(=O)N[C@@H](C(=O)N1CCOCC1)c1ccccc1. The van der Waals surface area contributed by atoms with E-state index >= 15 is 0 Å². The van der Waals surface area contributed by atoms with E-state index in [1.54, 1.807) is 4.90 Å². The topological polar surface area (TPSA) is 58.6 Å². The molecule has 2 amide bonds. The third-order valence-electron chi connectivity index (χ3n) is 3.51. The molecule has 1 fully saturated rings. The van der Waals surface area contributed by atoms with Crippen LogP contribution < -0.4 is 5.32 Å². The van der Waals surface area contributed by atoms with Gasteiger partial charge in [0.25, 0.3) is 0 Å². The molecule has 5 nitrogen and oxygen atoms in total. The second kappa shape index (κ2) is 7.22. The predicted octanol–water partition coefficient (Wildman–Crippen LogP) is 1.36. The standard InChI is InChI=1S/C16H22N2O3/c1-12(2)15(19)17-14(13-6-4-3-5-7-13)16(20)18-8-10-21-11-9-18/h3-7,12,14H,8-11H2,1-2H3,(H,17,19)/t14-/m1/s1. The Morgan fingerprint density at radius 1 is 1.14 bits per heavy atom. The maximum Gasteiger partial charge on any atom is 0.249 e. The minimum atomic E-state index is -0.626. The van der Waals surface area contributed by atoms with Gasteiger partial charge in [-0.05, 0) is 5.56 Å². The highest BCUT2D eigenvalue weighted by Gasteiger charge is 2.28. The minimum Gasteiger partial charge on any atom is -0.378 e. The number of ether oxygens (including phenoxy) is 1. The van der Waals surface area contributed by atoms with Crippen LogP contribution >= 0.6 is 0 Å². The van der Waals surface area contributed by atoms with E-state index in [1.807, 2.05) is 44.2 Å². The Balaban J connectivity index is 2.18. The lowest BCUT2D eigenvalue weighted by molar-refractivity contribution is -0.140. The van der Waals surface area contributed by atoms with E-state index in [-0.39, 0.29) is 17.7 Å². The molecule has 1 aliphatic rings. The molecule has 5 heteroatoms. The van der Waals surface area contributed by atoms with Gasteiger partial charge in [-0.3, -0.25) is 9.59 Å². The number of nitrogens with zero attached hydrogens (tertiary/aromatic N) is 1. The molecule has 0 aliphatic carbocycles. The number of carbonyl (C=O) groups excluding carboxylic acids is 2. The van der Waals surface area contributed by atoms with E-state index in [9.17, 15) is 9.59 Å². The van der Waals surface area contributed by atoms with Crippen molar-refractivity contribution in [2.45, 2.75) is 19.9 Å². The van der Waals surface area contributed by atoms with Crippen LogP contribution in [0, 0.1) is 5.92 Å². The summed E-state index contributed by atoms with van der Waals surface area (Å²) in [7, 11) is 0. The molecule has 1 saturated heterocycles. The summed E-state index contributed by atoms with van der Waals surface area (Å²) in [6, 6.07) is 8.74. The molecule has 1 heterocycles. The summed E-state index contributed by atoms with van der Waals surface area (Å²) in [6.07, 6.45) is 0. The molecule has 1 aromatic rings. The summed E-state index contributed by atoms with van der Waals surface area (Å²) in [6.45, 7) is 5.86. The molecule has 114 valence electrons. The van der Waals surface area contributed by atoms with Gasteiger partial charge in [0.15, 0.2) is 0 Å². The van der Waals surface area contributed by atoms with Gasteiger partial charge in [0.1, 0.15) is 6.04 Å². The molecule has 1 atom stereocenters. The van der Waals surface area contributed by atoms with E-state index in [0.717, 1.165) is 5.56 Å². The fraction of sp³-hybridized carbons (Fsp3) is 0.500. The van der Waals surface area contributed by atoms with E-state index in [1.165, 1.54) is 0 Å². The molecule has 0 saturated carbocycles. The minimum absolute atomic E-state index is 0.0708. The molecule has 1 N–H and O–H groups in total. The van der Waals surface area contributed by atoms with Crippen LogP contribution in [0.25, 0.3) is 0 Å². The van der Waals surface area contributed by atoms with Crippen LogP contribution in [-0.2, 0) is 14.3 Å². The van der Waals surface area contributed by atoms with E-state index in [2.05, 4.69) is 5.32 Å². The zero-order chi connectivity index (χ0) is 15.2. The third kappa shape index (κ3) is 4.04. The molecule has 0 unspecified atom stereocenters. The second-order valence-corrected chi connectivity index (χ2v) is 5.44. The van der Waals surface area contributed by atoms with Crippen molar-refractivity contribution in [1.82, 2.24) is 10.2 Å². The van der Waals surface area contributed by atoms with Crippen LogP contribution in [0.4, 0.5) is 0 Å². The Bertz CT molecular complexity index is 482. The smallest absolute Gasteiger partial charge is 0.249 e. The summed E-state index contributed by atoms with van der Waals surface area (Å²) >= 11 is 0. The quantitative estimate of drug-likeness (QED) is 0.911. The Morgan fingerprint density at radius 2 is 1.76 bits per heavy atom. The number of hydrogen-bond donors (Lipinski definition) is 1. The molecule has 0 radical (unpaired) electrons. The van der Waals surface area contributed by atoms with Crippen molar-refractivity contribution in [3.8, 4) is 0 Å². The molecular formula is C16H22N2O3. The summed E-state index contributed by atoms with van der Waals surface area (Å²) in [5, 5.41) is 2.86. The highest BCUT2D eigenvalue weighted by Crippen LogP contribution is 2.17. The van der Waals surface area contributed by atoms with Gasteiger partial charge in [0.2, 0.25) is 11.8 Å². The first-order valence-corrected chi connectivity index (χ1v) is 7.31. The van der Waals surface area contributed by atoms with Crippen molar-refractivity contribution in [2.24, 2.45) is 5.92 Å². The Kier molecular flexibility index (Phi) is 5.33. The van der Waals surface area contributed by atoms with Gasteiger partial charge in [-0.15, -0.1) is 0 Å². The molecule has 2 rings (SSSR count). The van der Waals surface area contributed by atoms with Gasteiger partial charge in [0.05, 0.1) is 13.2 Å². The van der Waals surface area contributed by atoms with Crippen molar-refractivity contribution in [3.05, 3.63) is 35.9 Å². The van der Waals surface area contributed by atoms with Crippen molar-refractivity contribution in [1.29, 1.82) is 0 Å². The third-order valence-corrected chi connectivity index (χ3v) is 3.51. The number of rotatable bonds is 4. The van der Waals surface area contributed by atoms with Gasteiger partial charge in [-0.2, -0.15) is 0 Å². The first kappa shape index (κ1) is 15.5. The largest absolute Gasteiger partial charge is 0.378 e. The highest BCUT2D eigenvalue weighted by atomic mass is 16.5. The number of morpholine rings is 1. The number of hydrogen-bond acceptors (Lipinski definition) is 3. The summed E-state index contributed by atoms with van der Waals surface area (Å²) in [5.41, 5.74) is 0.808. The normalized spacial score (nSPS) is 16.6. The lowest BCUT2D eigenvalue weighted by Gasteiger charge is -2.31. The average molecular weight is 290 g/mol. The molecule has 1 aliphatic heterocycles. The lowest BCUT2D eigenvalue weighted by Crippen LogP contribution is -2.48. The van der Waals surface area contributed by atoms with Gasteiger partial charge in [0, 0.05) is 19.0 Å². The first-order valence-electron chi connectivity index (χ1n) is 7.31. The average Bonchev–Trinajstić information content (AvgIpc) is 2.53. The molecule has 1 aromatic carbocycles. The zero-order valence-corrected chi connectivity index (χ0v) is 12.5. The Morgan fingerprint density at radius 3 is 2.33 bits per heavy atom. The van der Waals surface area contributed by atoms with Crippen molar-refractivity contribution in [3.63, 3.8) is 0 Å². The van der Waals surface area contributed by atoms with Crippen LogP contribution in [0.2, 0.25) is 0 Å². The fourth-order valence-electron chi connectivity index (χ4n) is 2.21. The predicted molar refractivity (Wildman–Crippen MR) is 79.6 cm³/mol. The van der Waals surface area contributed by atoms with Crippen molar-refractivity contribution < 1.29 is 14.3 Å². The van der Waals surface area contributed by atoms with Crippen molar-refractivity contribution >= 4 is 11.8 Å². The summed E-state index contributed by atoms with van der Waals surface area (Å²) < 4.78 is 5.27. The van der Waals surface area contributed by atoms with Gasteiger partial charge >= 0.3 is 0 Å². The van der Waals surface area contributed by atoms with E-state index in [4.69, 9.17) is 4.74 Å². The lowest BCUT2D eigenvalue weighted by atomic mass is 10.0. The number of amides is 2. The molecule has 0 bridgehead atoms. The molecule has 0 spiro atoms. The fourth-order valence-corrected chi connectivity index (χ4v) is 2.21. The maximum absolute atomic E-state index is 12.7. The van der Waals surface area contributed by atoms with Crippen molar-refractivity contribution in [2.75, 3.05) is 26.3 Å². The molecular weight excluding hydrogens is 268 g/mol. The van der Waals surface area contributed by atoms with Crippen LogP contribution in [0.3, 0.4) is 0 Å². The number of carbonyl (C=O) groups is 2. The molecule has 0 aromatic heterocycles. The summed E-state index contributed by atoms with van der Waals surface area (Å²) in [5.74, 6) is -0.349. The summed E-state index contributed by atoms with van der Waals surface area (Å²) in [4.78, 5) is 26.5. The van der Waals surface area contributed by atoms with Gasteiger partial charge < -0.3 is 15.0 Å². The van der Waals surface area contributed by atoms with Crippen LogP contribution in [-0.4, -0.2) is 43.0 Å². The first-order chi connectivity index (χ1) is 10.1. The zero-order valence-electron chi connectivity index (χ0n) is 12.5. The Hall–Kier alpha value is -1.88. The highest BCUT2D eigenvalue weighted by molar-refractivity contribution is 5.89.